The van der Waals surface area contributed by atoms with Gasteiger partial charge < -0.3 is 33.4 Å². The standard InChI is InChI=1S/C40H43FN2O7/c1-24-25(2)38-32(26(3)37(24)44)17-18-40(4,50-38)23-49-31-15-16-33-34(20-31)43(5)36(42-33)22-47-30-13-9-27(10-14-30)19-35(39(45)46-6)48-21-28-7-11-29(41)12-8-28/h7-16,20,35,44H,17-19,21-23H2,1-6H3. The fourth-order valence-corrected chi connectivity index (χ4v) is 6.27. The maximum Gasteiger partial charge on any atom is 0.335 e. The van der Waals surface area contributed by atoms with Crippen molar-refractivity contribution in [2.24, 2.45) is 7.05 Å². The average Bonchev–Trinajstić information content (AvgIpc) is 3.44. The summed E-state index contributed by atoms with van der Waals surface area (Å²) in [7, 11) is 3.27. The van der Waals surface area contributed by atoms with E-state index < -0.39 is 17.7 Å². The number of ether oxygens (including phenoxy) is 5. The van der Waals surface area contributed by atoms with Gasteiger partial charge in [0.2, 0.25) is 0 Å². The summed E-state index contributed by atoms with van der Waals surface area (Å²) in [6.07, 6.45) is 1.08. The van der Waals surface area contributed by atoms with E-state index in [1.54, 1.807) is 12.1 Å². The number of phenolic OH excluding ortho intramolecular Hbond substituents is 1. The summed E-state index contributed by atoms with van der Waals surface area (Å²) in [5, 5.41) is 10.5. The Hall–Kier alpha value is -5.09. The van der Waals surface area contributed by atoms with Crippen molar-refractivity contribution in [1.29, 1.82) is 0 Å². The Labute approximate surface area is 291 Å². The molecule has 262 valence electrons. The number of aryl methyl sites for hydroxylation is 1. The van der Waals surface area contributed by atoms with E-state index in [0.717, 1.165) is 74.6 Å². The molecule has 0 aliphatic carbocycles. The third-order valence-corrected chi connectivity index (χ3v) is 9.62. The second-order valence-corrected chi connectivity index (χ2v) is 13.2. The van der Waals surface area contributed by atoms with E-state index in [1.165, 1.54) is 19.2 Å². The topological polar surface area (TPSA) is 101 Å². The first-order chi connectivity index (χ1) is 23.9. The van der Waals surface area contributed by atoms with Crippen LogP contribution in [0, 0.1) is 26.6 Å². The van der Waals surface area contributed by atoms with Crippen molar-refractivity contribution in [1.82, 2.24) is 9.55 Å². The van der Waals surface area contributed by atoms with Crippen molar-refractivity contribution in [3.8, 4) is 23.0 Å². The molecule has 0 bridgehead atoms. The van der Waals surface area contributed by atoms with E-state index in [-0.39, 0.29) is 19.0 Å². The predicted molar refractivity (Wildman–Crippen MR) is 187 cm³/mol. The molecule has 0 fully saturated rings. The van der Waals surface area contributed by atoms with Crippen LogP contribution >= 0.6 is 0 Å². The maximum absolute atomic E-state index is 13.2. The van der Waals surface area contributed by atoms with Gasteiger partial charge in [-0.15, -0.1) is 0 Å². The van der Waals surface area contributed by atoms with Crippen LogP contribution in [0.4, 0.5) is 4.39 Å². The van der Waals surface area contributed by atoms with Crippen LogP contribution in [0.5, 0.6) is 23.0 Å². The first-order valence-electron chi connectivity index (χ1n) is 16.7. The average molecular weight is 683 g/mol. The SMILES string of the molecule is COC(=O)C(Cc1ccc(OCc2nc3ccc(OCC4(C)CCc5c(C)c(O)c(C)c(C)c5O4)cc3n2C)cc1)OCc1ccc(F)cc1. The minimum Gasteiger partial charge on any atom is -0.507 e. The third kappa shape index (κ3) is 7.40. The van der Waals surface area contributed by atoms with Gasteiger partial charge in [-0.2, -0.15) is 0 Å². The molecule has 2 atom stereocenters. The molecule has 50 heavy (non-hydrogen) atoms. The number of nitrogens with zero attached hydrogens (tertiary/aromatic N) is 2. The molecule has 2 unspecified atom stereocenters. The number of benzene rings is 4. The van der Waals surface area contributed by atoms with Gasteiger partial charge in [-0.3, -0.25) is 0 Å². The molecule has 0 saturated heterocycles. The number of methoxy groups -OCH3 is 1. The smallest absolute Gasteiger partial charge is 0.335 e. The predicted octanol–water partition coefficient (Wildman–Crippen LogP) is 7.39. The number of hydrogen-bond acceptors (Lipinski definition) is 8. The largest absolute Gasteiger partial charge is 0.507 e. The monoisotopic (exact) mass is 682 g/mol. The van der Waals surface area contributed by atoms with Gasteiger partial charge in [0.1, 0.15) is 53.5 Å². The molecular formula is C40H43FN2O7. The lowest BCUT2D eigenvalue weighted by molar-refractivity contribution is -0.154. The molecular weight excluding hydrogens is 639 g/mol. The summed E-state index contributed by atoms with van der Waals surface area (Å²) in [6.45, 7) is 8.71. The number of fused-ring (bicyclic) bond motifs is 2. The highest BCUT2D eigenvalue weighted by atomic mass is 19.1. The number of imidazole rings is 1. The number of hydrogen-bond donors (Lipinski definition) is 1. The molecule has 0 amide bonds. The summed E-state index contributed by atoms with van der Waals surface area (Å²) in [5.41, 5.74) is 6.64. The van der Waals surface area contributed by atoms with Gasteiger partial charge in [-0.05, 0) is 105 Å². The highest BCUT2D eigenvalue weighted by Crippen LogP contribution is 2.43. The highest BCUT2D eigenvalue weighted by Gasteiger charge is 2.35. The van der Waals surface area contributed by atoms with E-state index >= 15 is 0 Å². The summed E-state index contributed by atoms with van der Waals surface area (Å²) in [6, 6.07) is 19.3. The van der Waals surface area contributed by atoms with Crippen molar-refractivity contribution < 1.29 is 38.0 Å². The lowest BCUT2D eigenvalue weighted by Crippen LogP contribution is -2.42. The molecule has 4 aromatic carbocycles. The Morgan fingerprint density at radius 2 is 1.66 bits per heavy atom. The summed E-state index contributed by atoms with van der Waals surface area (Å²) < 4.78 is 44.9. The van der Waals surface area contributed by atoms with E-state index in [2.05, 4.69) is 6.92 Å². The van der Waals surface area contributed by atoms with E-state index in [4.69, 9.17) is 28.7 Å². The molecule has 1 aromatic heterocycles. The molecule has 1 aliphatic heterocycles. The van der Waals surface area contributed by atoms with Gasteiger partial charge in [0, 0.05) is 25.1 Å². The van der Waals surface area contributed by atoms with Gasteiger partial charge in [-0.1, -0.05) is 24.3 Å². The molecule has 2 heterocycles. The summed E-state index contributed by atoms with van der Waals surface area (Å²) in [5.74, 6) is 2.53. The molecule has 10 heteroatoms. The van der Waals surface area contributed by atoms with Crippen molar-refractivity contribution in [3.05, 3.63) is 112 Å². The molecule has 1 aliphatic rings. The Kier molecular flexibility index (Phi) is 10.0. The maximum atomic E-state index is 13.2. The molecule has 0 spiro atoms. The second kappa shape index (κ2) is 14.4. The molecule has 5 aromatic rings. The number of esters is 1. The van der Waals surface area contributed by atoms with Crippen molar-refractivity contribution in [2.45, 2.75) is 71.9 Å². The van der Waals surface area contributed by atoms with E-state index in [0.29, 0.717) is 24.5 Å². The zero-order valence-electron chi connectivity index (χ0n) is 29.3. The summed E-state index contributed by atoms with van der Waals surface area (Å²) in [4.78, 5) is 17.2. The minimum absolute atomic E-state index is 0.154. The number of aromatic hydroxyl groups is 1. The van der Waals surface area contributed by atoms with Crippen LogP contribution in [0.15, 0.2) is 66.7 Å². The Balaban J connectivity index is 1.06. The Bertz CT molecular complexity index is 2010. The van der Waals surface area contributed by atoms with Crippen LogP contribution in [-0.2, 0) is 47.4 Å². The van der Waals surface area contributed by atoms with Gasteiger partial charge in [-0.25, -0.2) is 14.2 Å². The van der Waals surface area contributed by atoms with Crippen LogP contribution in [0.2, 0.25) is 0 Å². The van der Waals surface area contributed by atoms with Gasteiger partial charge >= 0.3 is 5.97 Å². The quantitative estimate of drug-likeness (QED) is 0.136. The number of carbonyl (C=O) groups is 1. The van der Waals surface area contributed by atoms with Gasteiger partial charge in [0.15, 0.2) is 6.10 Å². The number of aromatic nitrogens is 2. The van der Waals surface area contributed by atoms with Crippen LogP contribution in [-0.4, -0.2) is 46.0 Å². The van der Waals surface area contributed by atoms with Crippen molar-refractivity contribution in [2.75, 3.05) is 13.7 Å². The number of carbonyl (C=O) groups excluding carboxylic acids is 1. The van der Waals surface area contributed by atoms with Crippen molar-refractivity contribution in [3.63, 3.8) is 0 Å². The third-order valence-electron chi connectivity index (χ3n) is 9.62. The van der Waals surface area contributed by atoms with Gasteiger partial charge in [0.25, 0.3) is 0 Å². The fourth-order valence-electron chi connectivity index (χ4n) is 6.27. The zero-order chi connectivity index (χ0) is 35.6. The van der Waals surface area contributed by atoms with Crippen LogP contribution in [0.3, 0.4) is 0 Å². The molecule has 0 saturated carbocycles. The molecule has 1 N–H and O–H groups in total. The first kappa shape index (κ1) is 34.8. The van der Waals surface area contributed by atoms with Crippen LogP contribution < -0.4 is 14.2 Å². The Morgan fingerprint density at radius 1 is 0.960 bits per heavy atom. The highest BCUT2D eigenvalue weighted by molar-refractivity contribution is 5.78. The second-order valence-electron chi connectivity index (χ2n) is 13.2. The molecule has 6 rings (SSSR count). The normalized spacial score (nSPS) is 16.1. The zero-order valence-corrected chi connectivity index (χ0v) is 29.3. The lowest BCUT2D eigenvalue weighted by atomic mass is 9.87. The van der Waals surface area contributed by atoms with E-state index in [1.807, 2.05) is 74.9 Å². The number of halogens is 1. The first-order valence-corrected chi connectivity index (χ1v) is 16.7. The van der Waals surface area contributed by atoms with Crippen molar-refractivity contribution >= 4 is 17.0 Å². The minimum atomic E-state index is -0.811. The fraction of sp³-hybridized carbons (Fsp3) is 0.350. The van der Waals surface area contributed by atoms with Gasteiger partial charge in [0.05, 0.1) is 24.8 Å². The van der Waals surface area contributed by atoms with Crippen LogP contribution in [0.1, 0.15) is 52.5 Å². The molecule has 0 radical (unpaired) electrons. The lowest BCUT2D eigenvalue weighted by Gasteiger charge is -2.37. The van der Waals surface area contributed by atoms with Crippen LogP contribution in [0.25, 0.3) is 11.0 Å². The number of phenols is 1. The summed E-state index contributed by atoms with van der Waals surface area (Å²) >= 11 is 0. The van der Waals surface area contributed by atoms with E-state index in [9.17, 15) is 14.3 Å². The molecule has 9 nitrogen and oxygen atoms in total. The Morgan fingerprint density at radius 3 is 2.38 bits per heavy atom. The number of rotatable bonds is 12.